The zero-order valence-corrected chi connectivity index (χ0v) is 11.4. The third-order valence-corrected chi connectivity index (χ3v) is 4.88. The Morgan fingerprint density at radius 3 is 3.22 bits per heavy atom. The lowest BCUT2D eigenvalue weighted by Crippen LogP contribution is -2.09. The topological polar surface area (TPSA) is 56.7 Å². The van der Waals surface area contributed by atoms with Crippen LogP contribution in [-0.2, 0) is 0 Å². The van der Waals surface area contributed by atoms with Crippen molar-refractivity contribution in [2.75, 3.05) is 11.5 Å². The molecule has 96 valence electrons. The molecule has 3 rings (SSSR count). The minimum Gasteiger partial charge on any atom is -0.369 e. The molecule has 2 aromatic rings. The predicted octanol–water partition coefficient (Wildman–Crippen LogP) is 2.86. The van der Waals surface area contributed by atoms with Crippen molar-refractivity contribution in [1.29, 1.82) is 0 Å². The number of nitrogens with zero attached hydrogens (tertiary/aromatic N) is 3. The molecule has 0 radical (unpaired) electrons. The molecule has 1 fully saturated rings. The quantitative estimate of drug-likeness (QED) is 0.924. The summed E-state index contributed by atoms with van der Waals surface area (Å²) in [5.41, 5.74) is 8.09. The summed E-state index contributed by atoms with van der Waals surface area (Å²) in [7, 11) is 0. The maximum Gasteiger partial charge on any atom is 0.201 e. The van der Waals surface area contributed by atoms with E-state index in [1.807, 2.05) is 12.3 Å². The van der Waals surface area contributed by atoms with Gasteiger partial charge in [0, 0.05) is 17.5 Å². The number of fused-ring (bicyclic) bond motifs is 1. The summed E-state index contributed by atoms with van der Waals surface area (Å²) in [5, 5.41) is 0.777. The normalized spacial score (nSPS) is 23.8. The minimum atomic E-state index is 0.501. The zero-order valence-electron chi connectivity index (χ0n) is 10.5. The summed E-state index contributed by atoms with van der Waals surface area (Å²) in [5.74, 6) is 1.83. The van der Waals surface area contributed by atoms with Gasteiger partial charge in [-0.15, -0.1) is 0 Å². The maximum atomic E-state index is 6.07. The van der Waals surface area contributed by atoms with Crippen LogP contribution in [0.4, 0.5) is 5.95 Å². The summed E-state index contributed by atoms with van der Waals surface area (Å²) < 4.78 is 2.20. The first kappa shape index (κ1) is 11.8. The summed E-state index contributed by atoms with van der Waals surface area (Å²) >= 11 is 2.06. The number of aromatic nitrogens is 3. The van der Waals surface area contributed by atoms with E-state index in [9.17, 15) is 0 Å². The van der Waals surface area contributed by atoms with Gasteiger partial charge in [0.1, 0.15) is 5.52 Å². The van der Waals surface area contributed by atoms with Gasteiger partial charge in [-0.05, 0) is 31.1 Å². The second-order valence-electron chi connectivity index (χ2n) is 4.75. The van der Waals surface area contributed by atoms with Gasteiger partial charge >= 0.3 is 0 Å². The summed E-state index contributed by atoms with van der Waals surface area (Å²) in [6.07, 6.45) is 7.29. The Morgan fingerprint density at radius 1 is 1.50 bits per heavy atom. The highest BCUT2D eigenvalue weighted by molar-refractivity contribution is 7.99. The number of anilines is 1. The number of imidazole rings is 1. The van der Waals surface area contributed by atoms with Crippen LogP contribution in [0.1, 0.15) is 32.2 Å². The van der Waals surface area contributed by atoms with Crippen LogP contribution in [0.2, 0.25) is 0 Å². The molecule has 0 aromatic carbocycles. The second kappa shape index (κ2) is 4.80. The molecule has 1 aliphatic carbocycles. The molecule has 5 heteroatoms. The Balaban J connectivity index is 1.93. The number of pyridine rings is 1. The molecule has 0 spiro atoms. The molecular weight excluding hydrogens is 244 g/mol. The fourth-order valence-electron chi connectivity index (χ4n) is 2.89. The number of hydrogen-bond acceptors (Lipinski definition) is 4. The highest BCUT2D eigenvalue weighted by Crippen LogP contribution is 2.39. The summed E-state index contributed by atoms with van der Waals surface area (Å²) in [4.78, 5) is 8.50. The van der Waals surface area contributed by atoms with Gasteiger partial charge in [0.05, 0.1) is 11.7 Å². The Hall–Kier alpha value is -1.23. The van der Waals surface area contributed by atoms with E-state index in [-0.39, 0.29) is 0 Å². The average Bonchev–Trinajstić information content (AvgIpc) is 2.92. The van der Waals surface area contributed by atoms with Gasteiger partial charge in [-0.2, -0.15) is 11.8 Å². The van der Waals surface area contributed by atoms with Crippen LogP contribution in [0.5, 0.6) is 0 Å². The van der Waals surface area contributed by atoms with Crippen LogP contribution in [0.3, 0.4) is 0 Å². The Bertz CT molecular complexity index is 551. The van der Waals surface area contributed by atoms with Crippen molar-refractivity contribution in [2.45, 2.75) is 37.5 Å². The van der Waals surface area contributed by atoms with E-state index in [1.165, 1.54) is 25.0 Å². The van der Waals surface area contributed by atoms with E-state index in [0.717, 1.165) is 16.3 Å². The van der Waals surface area contributed by atoms with Crippen molar-refractivity contribution >= 4 is 28.7 Å². The fraction of sp³-hybridized carbons (Fsp3) is 0.538. The van der Waals surface area contributed by atoms with Crippen molar-refractivity contribution in [2.24, 2.45) is 0 Å². The first-order valence-corrected chi connectivity index (χ1v) is 7.53. The van der Waals surface area contributed by atoms with Crippen molar-refractivity contribution in [1.82, 2.24) is 14.5 Å². The standard InChI is InChI=1S/C13H18N4S/c1-2-18-10-4-3-9(7-10)17-12-5-6-15-8-11(12)16-13(17)14/h5-6,8-10H,2-4,7H2,1H3,(H2,14,16). The van der Waals surface area contributed by atoms with Crippen molar-refractivity contribution < 1.29 is 0 Å². The van der Waals surface area contributed by atoms with Crippen LogP contribution in [-0.4, -0.2) is 25.5 Å². The molecule has 1 aliphatic rings. The lowest BCUT2D eigenvalue weighted by Gasteiger charge is -2.15. The van der Waals surface area contributed by atoms with E-state index in [4.69, 9.17) is 5.73 Å². The lowest BCUT2D eigenvalue weighted by atomic mass is 10.2. The smallest absolute Gasteiger partial charge is 0.201 e. The first-order chi connectivity index (χ1) is 8.79. The molecule has 0 aliphatic heterocycles. The highest BCUT2D eigenvalue weighted by Gasteiger charge is 2.28. The molecule has 4 nitrogen and oxygen atoms in total. The van der Waals surface area contributed by atoms with E-state index >= 15 is 0 Å². The Labute approximate surface area is 111 Å². The Kier molecular flexibility index (Phi) is 3.16. The lowest BCUT2D eigenvalue weighted by molar-refractivity contribution is 0.540. The van der Waals surface area contributed by atoms with E-state index in [2.05, 4.69) is 33.2 Å². The largest absolute Gasteiger partial charge is 0.369 e. The van der Waals surface area contributed by atoms with Gasteiger partial charge in [0.15, 0.2) is 0 Å². The van der Waals surface area contributed by atoms with E-state index < -0.39 is 0 Å². The van der Waals surface area contributed by atoms with Crippen LogP contribution in [0.15, 0.2) is 18.5 Å². The third kappa shape index (κ3) is 1.96. The zero-order chi connectivity index (χ0) is 12.5. The van der Waals surface area contributed by atoms with Gasteiger partial charge in [-0.3, -0.25) is 4.98 Å². The van der Waals surface area contributed by atoms with E-state index in [1.54, 1.807) is 6.20 Å². The number of nitrogen functional groups attached to an aromatic ring is 1. The molecule has 2 N–H and O–H groups in total. The van der Waals surface area contributed by atoms with Gasteiger partial charge in [-0.25, -0.2) is 4.98 Å². The molecule has 0 saturated heterocycles. The summed E-state index contributed by atoms with van der Waals surface area (Å²) in [6, 6.07) is 2.51. The molecule has 2 aromatic heterocycles. The molecular formula is C13H18N4S. The molecule has 2 unspecified atom stereocenters. The van der Waals surface area contributed by atoms with Crippen LogP contribution in [0, 0.1) is 0 Å². The van der Waals surface area contributed by atoms with Crippen molar-refractivity contribution in [3.05, 3.63) is 18.5 Å². The minimum absolute atomic E-state index is 0.501. The number of rotatable bonds is 3. The van der Waals surface area contributed by atoms with Gasteiger partial charge in [0.2, 0.25) is 5.95 Å². The van der Waals surface area contributed by atoms with Crippen molar-refractivity contribution in [3.63, 3.8) is 0 Å². The fourth-order valence-corrected chi connectivity index (χ4v) is 4.02. The van der Waals surface area contributed by atoms with Gasteiger partial charge in [-0.1, -0.05) is 6.92 Å². The Morgan fingerprint density at radius 2 is 2.39 bits per heavy atom. The molecule has 1 saturated carbocycles. The molecule has 2 atom stereocenters. The van der Waals surface area contributed by atoms with Crippen molar-refractivity contribution in [3.8, 4) is 0 Å². The number of nitrogens with two attached hydrogens (primary N) is 1. The summed E-state index contributed by atoms with van der Waals surface area (Å²) in [6.45, 7) is 2.23. The monoisotopic (exact) mass is 262 g/mol. The molecule has 2 heterocycles. The maximum absolute atomic E-state index is 6.07. The third-order valence-electron chi connectivity index (χ3n) is 3.64. The van der Waals surface area contributed by atoms with Crippen LogP contribution < -0.4 is 5.73 Å². The number of thioether (sulfide) groups is 1. The van der Waals surface area contributed by atoms with Crippen LogP contribution >= 0.6 is 11.8 Å². The first-order valence-electron chi connectivity index (χ1n) is 6.48. The average molecular weight is 262 g/mol. The SMILES string of the molecule is CCSC1CCC(n2c(N)nc3cnccc32)C1. The number of hydrogen-bond donors (Lipinski definition) is 1. The van der Waals surface area contributed by atoms with Gasteiger partial charge < -0.3 is 10.3 Å². The second-order valence-corrected chi connectivity index (χ2v) is 6.33. The molecule has 0 amide bonds. The highest BCUT2D eigenvalue weighted by atomic mass is 32.2. The van der Waals surface area contributed by atoms with Crippen LogP contribution in [0.25, 0.3) is 11.0 Å². The molecule has 0 bridgehead atoms. The molecule has 18 heavy (non-hydrogen) atoms. The van der Waals surface area contributed by atoms with E-state index in [0.29, 0.717) is 12.0 Å². The predicted molar refractivity (Wildman–Crippen MR) is 76.7 cm³/mol. The van der Waals surface area contributed by atoms with Gasteiger partial charge in [0.25, 0.3) is 0 Å².